The van der Waals surface area contributed by atoms with Crippen molar-refractivity contribution in [3.63, 3.8) is 0 Å². The number of aliphatic hydroxyl groups excluding tert-OH is 1. The molecule has 0 aromatic heterocycles. The zero-order chi connectivity index (χ0) is 20.5. The largest absolute Gasteiger partial charge is 1.00 e. The monoisotopic (exact) mass is 432 g/mol. The molecule has 3 fully saturated rings. The normalized spacial score (nSPS) is 48.7. The van der Waals surface area contributed by atoms with Gasteiger partial charge < -0.3 is 20.1 Å². The molecule has 0 spiro atoms. The summed E-state index contributed by atoms with van der Waals surface area (Å²) in [6.45, 7) is 3.74. The molecular weight excluding hydrogens is 402 g/mol. The maximum Gasteiger partial charge on any atom is 1.00 e. The van der Waals surface area contributed by atoms with Crippen LogP contribution in [0.3, 0.4) is 0 Å². The summed E-state index contributed by atoms with van der Waals surface area (Å²) in [7, 11) is 0. The molecular formula is C22H30FKO5. The van der Waals surface area contributed by atoms with Gasteiger partial charge in [-0.15, -0.1) is 0 Å². The summed E-state index contributed by atoms with van der Waals surface area (Å²) in [6, 6.07) is 0. The standard InChI is InChI=1S/C22H31FO5.K/c1-19-8-5-14(24)11-13(19)3-4-16-15-6-9-21(28,10-7-18(26)27)20(15,2)12-17(25)22(16,19)23;/h11,15-17,25,28H,3-10,12H2,1-2H3,(H,26,27);/q;+1/p-1/t15-,16-,17-,19-,20-,21-,22-;/m0./s1. The average Bonchev–Trinajstić information content (AvgIpc) is 2.87. The Kier molecular flexibility index (Phi) is 6.42. The summed E-state index contributed by atoms with van der Waals surface area (Å²) < 4.78 is 16.8. The molecule has 7 heteroatoms. The number of halogens is 1. The van der Waals surface area contributed by atoms with Crippen LogP contribution < -0.4 is 56.5 Å². The van der Waals surface area contributed by atoms with Crippen LogP contribution in [0.5, 0.6) is 0 Å². The van der Waals surface area contributed by atoms with Gasteiger partial charge in [0, 0.05) is 29.1 Å². The third kappa shape index (κ3) is 3.21. The molecule has 0 bridgehead atoms. The number of alkyl halides is 1. The molecule has 4 aliphatic rings. The van der Waals surface area contributed by atoms with E-state index in [9.17, 15) is 24.9 Å². The predicted molar refractivity (Wildman–Crippen MR) is 97.6 cm³/mol. The van der Waals surface area contributed by atoms with Crippen molar-refractivity contribution >= 4 is 11.8 Å². The number of rotatable bonds is 3. The average molecular weight is 433 g/mol. The maximum atomic E-state index is 16.8. The summed E-state index contributed by atoms with van der Waals surface area (Å²) >= 11 is 0. The van der Waals surface area contributed by atoms with Gasteiger partial charge >= 0.3 is 51.4 Å². The van der Waals surface area contributed by atoms with Crippen LogP contribution in [0.15, 0.2) is 11.6 Å². The molecule has 2 N–H and O–H groups in total. The number of carbonyl (C=O) groups is 2. The number of fused-ring (bicyclic) bond motifs is 5. The van der Waals surface area contributed by atoms with E-state index >= 15 is 4.39 Å². The fourth-order valence-corrected chi connectivity index (χ4v) is 7.38. The Balaban J connectivity index is 0.00000240. The second-order valence-electron chi connectivity index (χ2n) is 10.1. The Labute approximate surface area is 213 Å². The zero-order valence-electron chi connectivity index (χ0n) is 17.7. The van der Waals surface area contributed by atoms with E-state index in [1.54, 1.807) is 6.08 Å². The van der Waals surface area contributed by atoms with Gasteiger partial charge in [-0.2, -0.15) is 0 Å². The molecule has 29 heavy (non-hydrogen) atoms. The number of aliphatic hydroxyl groups is 2. The van der Waals surface area contributed by atoms with Crippen LogP contribution >= 0.6 is 0 Å². The molecule has 156 valence electrons. The quantitative estimate of drug-likeness (QED) is 0.549. The van der Waals surface area contributed by atoms with Gasteiger partial charge in [-0.1, -0.05) is 19.4 Å². The molecule has 0 unspecified atom stereocenters. The zero-order valence-corrected chi connectivity index (χ0v) is 20.8. The summed E-state index contributed by atoms with van der Waals surface area (Å²) in [5, 5.41) is 33.4. The Morgan fingerprint density at radius 1 is 1.24 bits per heavy atom. The van der Waals surface area contributed by atoms with Crippen LogP contribution in [0.4, 0.5) is 4.39 Å². The van der Waals surface area contributed by atoms with Crippen LogP contribution in [0.25, 0.3) is 0 Å². The number of carboxylic acid groups (broad SMARTS) is 1. The Morgan fingerprint density at radius 3 is 2.59 bits per heavy atom. The molecule has 0 heterocycles. The van der Waals surface area contributed by atoms with E-state index in [1.807, 2.05) is 13.8 Å². The van der Waals surface area contributed by atoms with Crippen LogP contribution in [0, 0.1) is 22.7 Å². The molecule has 0 radical (unpaired) electrons. The van der Waals surface area contributed by atoms with Crippen molar-refractivity contribution in [3.8, 4) is 0 Å². The SMILES string of the molecule is C[C@]12CCC(=O)C=C1CC[C@H]1[C@@H]3CC[C@](O)(CCC(=O)[O-])[C@@]3(C)C[C@H](O)[C@@]12F.[K+]. The third-order valence-corrected chi connectivity index (χ3v) is 9.11. The molecule has 7 atom stereocenters. The minimum absolute atomic E-state index is 0. The van der Waals surface area contributed by atoms with Gasteiger partial charge in [0.05, 0.1) is 11.7 Å². The van der Waals surface area contributed by atoms with Gasteiger partial charge in [0.1, 0.15) is 5.67 Å². The summed E-state index contributed by atoms with van der Waals surface area (Å²) in [5.41, 5.74) is -3.85. The topological polar surface area (TPSA) is 97.7 Å². The van der Waals surface area contributed by atoms with E-state index in [0.717, 1.165) is 5.57 Å². The molecule has 4 aliphatic carbocycles. The first-order valence-electron chi connectivity index (χ1n) is 10.5. The summed E-state index contributed by atoms with van der Waals surface area (Å²) in [4.78, 5) is 22.9. The van der Waals surface area contributed by atoms with E-state index in [1.165, 1.54) is 0 Å². The van der Waals surface area contributed by atoms with Crippen molar-refractivity contribution in [3.05, 3.63) is 11.6 Å². The van der Waals surface area contributed by atoms with Crippen molar-refractivity contribution in [2.24, 2.45) is 22.7 Å². The predicted octanol–water partition coefficient (Wildman–Crippen LogP) is -1.15. The molecule has 0 aliphatic heterocycles. The van der Waals surface area contributed by atoms with Crippen molar-refractivity contribution in [1.82, 2.24) is 0 Å². The van der Waals surface area contributed by atoms with Gasteiger partial charge in [-0.25, -0.2) is 4.39 Å². The first-order chi connectivity index (χ1) is 13.0. The number of hydrogen-bond acceptors (Lipinski definition) is 5. The number of carbonyl (C=O) groups excluding carboxylic acids is 2. The Morgan fingerprint density at radius 2 is 1.93 bits per heavy atom. The van der Waals surface area contributed by atoms with Crippen LogP contribution in [0.1, 0.15) is 71.6 Å². The van der Waals surface area contributed by atoms with Crippen molar-refractivity contribution < 1.29 is 80.7 Å². The minimum Gasteiger partial charge on any atom is -0.550 e. The van der Waals surface area contributed by atoms with E-state index in [2.05, 4.69) is 0 Å². The van der Waals surface area contributed by atoms with E-state index in [0.29, 0.717) is 38.5 Å². The van der Waals surface area contributed by atoms with Gasteiger partial charge in [0.2, 0.25) is 0 Å². The van der Waals surface area contributed by atoms with Gasteiger partial charge in [-0.05, 0) is 63.4 Å². The Hall–Kier alpha value is 0.366. The van der Waals surface area contributed by atoms with Crippen molar-refractivity contribution in [2.75, 3.05) is 0 Å². The molecule has 0 saturated heterocycles. The minimum atomic E-state index is -1.83. The van der Waals surface area contributed by atoms with Gasteiger partial charge in [0.25, 0.3) is 0 Å². The third-order valence-electron chi connectivity index (χ3n) is 9.11. The first-order valence-corrected chi connectivity index (χ1v) is 10.5. The molecule has 0 aromatic carbocycles. The molecule has 0 aromatic rings. The second kappa shape index (κ2) is 7.75. The van der Waals surface area contributed by atoms with Crippen LogP contribution in [0.2, 0.25) is 0 Å². The number of ketones is 1. The molecule has 3 saturated carbocycles. The number of carboxylic acids is 1. The fraction of sp³-hybridized carbons (Fsp3) is 0.818. The molecule has 0 amide bonds. The van der Waals surface area contributed by atoms with Gasteiger partial charge in [-0.3, -0.25) is 4.79 Å². The number of allylic oxidation sites excluding steroid dienone is 1. The summed E-state index contributed by atoms with van der Waals surface area (Å²) in [5.74, 6) is -1.71. The van der Waals surface area contributed by atoms with Gasteiger partial charge in [0.15, 0.2) is 5.78 Å². The first kappa shape index (κ1) is 24.0. The van der Waals surface area contributed by atoms with E-state index in [-0.39, 0.29) is 82.3 Å². The summed E-state index contributed by atoms with van der Waals surface area (Å²) in [6.07, 6.45) is 3.17. The van der Waals surface area contributed by atoms with E-state index in [4.69, 9.17) is 0 Å². The molecule has 5 nitrogen and oxygen atoms in total. The fourth-order valence-electron chi connectivity index (χ4n) is 7.38. The van der Waals surface area contributed by atoms with E-state index < -0.39 is 40.1 Å². The number of aliphatic carboxylic acids is 1. The number of hydrogen-bond donors (Lipinski definition) is 2. The second-order valence-corrected chi connectivity index (χ2v) is 10.1. The van der Waals surface area contributed by atoms with Crippen LogP contribution in [-0.4, -0.2) is 39.3 Å². The Bertz CT molecular complexity index is 755. The maximum absolute atomic E-state index is 16.8. The van der Waals surface area contributed by atoms with Crippen LogP contribution in [-0.2, 0) is 9.59 Å². The molecule has 4 rings (SSSR count). The smallest absolute Gasteiger partial charge is 0.550 e. The van der Waals surface area contributed by atoms with Crippen molar-refractivity contribution in [2.45, 2.75) is 89.0 Å². The van der Waals surface area contributed by atoms with Crippen molar-refractivity contribution in [1.29, 1.82) is 0 Å².